The molecule has 0 saturated heterocycles. The summed E-state index contributed by atoms with van der Waals surface area (Å²) in [4.78, 5) is 53.8. The van der Waals surface area contributed by atoms with Gasteiger partial charge >= 0.3 is 11.9 Å². The lowest BCUT2D eigenvalue weighted by molar-refractivity contribution is -0.156. The van der Waals surface area contributed by atoms with E-state index in [-0.39, 0.29) is 47.2 Å². The number of aromatic carboxylic acids is 1. The van der Waals surface area contributed by atoms with Crippen molar-refractivity contribution in [2.24, 2.45) is 31.5 Å². The highest BCUT2D eigenvalue weighted by Crippen LogP contribution is 2.33. The van der Waals surface area contributed by atoms with Crippen LogP contribution in [0.1, 0.15) is 99.5 Å². The van der Waals surface area contributed by atoms with E-state index in [1.165, 1.54) is 12.4 Å². The number of primary amides is 1. The normalized spacial score (nSPS) is 18.8. The van der Waals surface area contributed by atoms with E-state index in [9.17, 15) is 19.5 Å². The minimum atomic E-state index is -1.16. The number of fused-ring (bicyclic) bond motifs is 2. The largest absolute Gasteiger partial charge is 0.476 e. The van der Waals surface area contributed by atoms with Crippen LogP contribution in [0.4, 0.5) is 34.6 Å². The first kappa shape index (κ1) is 44.3. The number of anilines is 6. The number of nitrogens with one attached hydrogen (secondary N) is 4. The van der Waals surface area contributed by atoms with Crippen molar-refractivity contribution in [3.63, 3.8) is 0 Å². The number of nitrogens with two attached hydrogens (primary N) is 2. The van der Waals surface area contributed by atoms with Crippen molar-refractivity contribution >= 4 is 74.3 Å². The number of carboxylic acids is 1. The van der Waals surface area contributed by atoms with Gasteiger partial charge in [-0.1, -0.05) is 37.8 Å². The maximum Gasteiger partial charge on any atom is 0.358 e. The van der Waals surface area contributed by atoms with Crippen LogP contribution in [0.3, 0.4) is 0 Å². The summed E-state index contributed by atoms with van der Waals surface area (Å²) in [5.41, 5.74) is 14.8. The second kappa shape index (κ2) is 19.1. The molecule has 0 bridgehead atoms. The van der Waals surface area contributed by atoms with Gasteiger partial charge in [-0.15, -0.1) is 0 Å². The summed E-state index contributed by atoms with van der Waals surface area (Å²) in [6, 6.07) is 15.9. The predicted octanol–water partition coefficient (Wildman–Crippen LogP) is 7.61. The highest BCUT2D eigenvalue weighted by molar-refractivity contribution is 6.00. The molecule has 2 aliphatic carbocycles. The Morgan fingerprint density at radius 2 is 1.25 bits per heavy atom. The van der Waals surface area contributed by atoms with Crippen LogP contribution in [-0.2, 0) is 23.6 Å². The van der Waals surface area contributed by atoms with Gasteiger partial charge in [0, 0.05) is 77.8 Å². The van der Waals surface area contributed by atoms with E-state index in [1.807, 2.05) is 105 Å². The van der Waals surface area contributed by atoms with E-state index in [2.05, 4.69) is 41.2 Å². The third kappa shape index (κ3) is 10.8. The molecule has 1 amide bonds. The van der Waals surface area contributed by atoms with Crippen LogP contribution >= 0.6 is 0 Å². The molecule has 17 heteroatoms. The molecule has 2 aliphatic rings. The maximum atomic E-state index is 12.5. The summed E-state index contributed by atoms with van der Waals surface area (Å²) in [5, 5.41) is 24.9. The van der Waals surface area contributed by atoms with Crippen molar-refractivity contribution in [2.45, 2.75) is 102 Å². The third-order valence-corrected chi connectivity index (χ3v) is 11.6. The standard InChI is InChI=1S/C26H33N5O4.C20H25N7O/c1-26(2,3)35-22(32)14-16-8-5-6-9-18(16)28-21-15-27-23(25(33)34)24(30-21)29-19-10-7-11-20-17(19)12-13-31(20)4;1-27-10-9-12-14(7-4-8-16(12)27)25-20-18(19(22)28)23-11-17(26-20)24-15-6-3-2-5-13(15)21/h7,10-13,15-16,18H,5-6,8-9,14H2,1-4H3,(H,33,34)(H2,28,29,30);4,7-11,13,15H,2-3,5-6,21H2,1H3,(H2,22,28)(H2,24,25,26)/t16-,18-;13-,15+/m10/s1. The lowest BCUT2D eigenvalue weighted by atomic mass is 9.82. The average Bonchev–Trinajstić information content (AvgIpc) is 3.81. The van der Waals surface area contributed by atoms with Crippen molar-refractivity contribution in [1.82, 2.24) is 29.1 Å². The van der Waals surface area contributed by atoms with Crippen molar-refractivity contribution in [3.05, 3.63) is 84.7 Å². The Morgan fingerprint density at radius 1 is 0.746 bits per heavy atom. The van der Waals surface area contributed by atoms with Crippen molar-refractivity contribution in [2.75, 3.05) is 21.3 Å². The molecule has 2 fully saturated rings. The van der Waals surface area contributed by atoms with Crippen LogP contribution in [-0.4, -0.2) is 75.7 Å². The lowest BCUT2D eigenvalue weighted by Gasteiger charge is -2.32. The van der Waals surface area contributed by atoms with E-state index in [0.29, 0.717) is 23.9 Å². The Labute approximate surface area is 366 Å². The molecule has 0 aliphatic heterocycles. The number of hydrogen-bond donors (Lipinski definition) is 7. The van der Waals surface area contributed by atoms with Gasteiger partial charge in [0.25, 0.3) is 5.91 Å². The number of carbonyl (C=O) groups excluding carboxylic acids is 2. The number of ether oxygens (including phenoxy) is 1. The summed E-state index contributed by atoms with van der Waals surface area (Å²) < 4.78 is 9.56. The van der Waals surface area contributed by atoms with Gasteiger partial charge in [-0.2, -0.15) is 0 Å². The summed E-state index contributed by atoms with van der Waals surface area (Å²) in [7, 11) is 3.94. The molecule has 6 aromatic rings. The zero-order valence-electron chi connectivity index (χ0n) is 36.5. The summed E-state index contributed by atoms with van der Waals surface area (Å²) >= 11 is 0. The molecule has 332 valence electrons. The molecule has 0 radical (unpaired) electrons. The highest BCUT2D eigenvalue weighted by Gasteiger charge is 2.30. The molecule has 4 heterocycles. The first-order valence-corrected chi connectivity index (χ1v) is 21.5. The highest BCUT2D eigenvalue weighted by atomic mass is 16.6. The number of esters is 1. The Bertz CT molecular complexity index is 2600. The van der Waals surface area contributed by atoms with Gasteiger partial charge in [0.2, 0.25) is 0 Å². The number of nitrogens with zero attached hydrogens (tertiary/aromatic N) is 6. The van der Waals surface area contributed by atoms with Crippen LogP contribution in [0.15, 0.2) is 73.3 Å². The molecular formula is C46H58N12O5. The van der Waals surface area contributed by atoms with E-state index in [1.54, 1.807) is 0 Å². The monoisotopic (exact) mass is 858 g/mol. The number of hydrogen-bond acceptors (Lipinski definition) is 13. The van der Waals surface area contributed by atoms with Gasteiger partial charge < -0.3 is 51.7 Å². The number of carbonyl (C=O) groups is 3. The summed E-state index contributed by atoms with van der Waals surface area (Å²) in [6.45, 7) is 5.60. The number of rotatable bonds is 12. The van der Waals surface area contributed by atoms with Crippen LogP contribution in [0.25, 0.3) is 21.8 Å². The number of benzene rings is 2. The fourth-order valence-corrected chi connectivity index (χ4v) is 8.46. The Balaban J connectivity index is 0.000000193. The molecule has 0 spiro atoms. The van der Waals surface area contributed by atoms with Gasteiger partial charge in [-0.05, 0) is 88.8 Å². The molecule has 63 heavy (non-hydrogen) atoms. The molecule has 4 atom stereocenters. The number of amides is 1. The maximum absolute atomic E-state index is 12.5. The number of carboxylic acid groups (broad SMARTS) is 1. The van der Waals surface area contributed by atoms with Gasteiger partial charge in [-0.25, -0.2) is 24.7 Å². The first-order chi connectivity index (χ1) is 30.1. The van der Waals surface area contributed by atoms with E-state index in [4.69, 9.17) is 16.2 Å². The summed E-state index contributed by atoms with van der Waals surface area (Å²) in [5.74, 6) is -0.343. The fourth-order valence-electron chi connectivity index (χ4n) is 8.46. The molecule has 9 N–H and O–H groups in total. The van der Waals surface area contributed by atoms with Crippen molar-refractivity contribution < 1.29 is 24.2 Å². The van der Waals surface area contributed by atoms with Crippen LogP contribution in [0, 0.1) is 5.92 Å². The molecular weight excluding hydrogens is 801 g/mol. The van der Waals surface area contributed by atoms with E-state index >= 15 is 0 Å². The van der Waals surface area contributed by atoms with Crippen molar-refractivity contribution in [1.29, 1.82) is 0 Å². The Hall–Kier alpha value is -6.75. The van der Waals surface area contributed by atoms with Crippen LogP contribution in [0.5, 0.6) is 0 Å². The molecule has 17 nitrogen and oxygen atoms in total. The summed E-state index contributed by atoms with van der Waals surface area (Å²) in [6.07, 6.45) is 15.4. The Morgan fingerprint density at radius 3 is 1.79 bits per heavy atom. The average molecular weight is 859 g/mol. The SMILES string of the molecule is Cn1ccc2c(Nc3nc(N[C@@H]4CCCC[C@@H]4CC(=O)OC(C)(C)C)cnc3C(=O)O)cccc21.Cn1ccc2c(Nc3nc(N[C@@H]4CCCC[C@@H]4N)cnc3C(N)=O)cccc21. The molecule has 0 unspecified atom stereocenters. The third-order valence-electron chi connectivity index (χ3n) is 11.6. The molecule has 2 aromatic carbocycles. The Kier molecular flexibility index (Phi) is 13.4. The minimum Gasteiger partial charge on any atom is -0.476 e. The number of aromatic nitrogens is 6. The molecule has 4 aromatic heterocycles. The second-order valence-corrected chi connectivity index (χ2v) is 17.4. The molecule has 2 saturated carbocycles. The van der Waals surface area contributed by atoms with Gasteiger partial charge in [0.05, 0.1) is 18.8 Å². The van der Waals surface area contributed by atoms with Gasteiger partial charge in [0.15, 0.2) is 23.0 Å². The van der Waals surface area contributed by atoms with Crippen molar-refractivity contribution in [3.8, 4) is 0 Å². The first-order valence-electron chi connectivity index (χ1n) is 21.5. The quantitative estimate of drug-likeness (QED) is 0.0586. The zero-order chi connectivity index (χ0) is 44.8. The molecule has 8 rings (SSSR count). The predicted molar refractivity (Wildman–Crippen MR) is 246 cm³/mol. The van der Waals surface area contributed by atoms with E-state index < -0.39 is 17.5 Å². The minimum absolute atomic E-state index is 0.0200. The lowest BCUT2D eigenvalue weighted by Crippen LogP contribution is -2.42. The van der Waals surface area contributed by atoms with E-state index in [0.717, 1.165) is 84.5 Å². The number of aryl methyl sites for hydroxylation is 2. The van der Waals surface area contributed by atoms with Gasteiger partial charge in [-0.3, -0.25) is 9.59 Å². The van der Waals surface area contributed by atoms with Crippen LogP contribution in [0.2, 0.25) is 0 Å². The van der Waals surface area contributed by atoms with Crippen LogP contribution < -0.4 is 32.7 Å². The second-order valence-electron chi connectivity index (χ2n) is 17.4. The van der Waals surface area contributed by atoms with Gasteiger partial charge in [0.1, 0.15) is 17.2 Å². The topological polar surface area (TPSA) is 242 Å². The fraction of sp³-hybridized carbons (Fsp3) is 0.413. The smallest absolute Gasteiger partial charge is 0.358 e. The zero-order valence-corrected chi connectivity index (χ0v) is 36.5.